The van der Waals surface area contributed by atoms with Crippen LogP contribution in [-0.2, 0) is 21.7 Å². The van der Waals surface area contributed by atoms with Crippen molar-refractivity contribution in [1.29, 1.82) is 0 Å². The molecule has 0 heterocycles. The van der Waals surface area contributed by atoms with E-state index in [1.165, 1.54) is 0 Å². The molecule has 0 aliphatic rings. The first-order chi connectivity index (χ1) is 7.16. The van der Waals surface area contributed by atoms with E-state index in [4.69, 9.17) is 15.3 Å². The molecule has 0 saturated heterocycles. The fraction of sp³-hybridized carbons (Fsp3) is 0.917. The average molecular weight is 271 g/mol. The number of hydrogen-bond donors (Lipinski definition) is 3. The molecule has 4 heteroatoms. The molecule has 0 fully saturated rings. The zero-order valence-corrected chi connectivity index (χ0v) is 13.1. The molecule has 0 bridgehead atoms. The summed E-state index contributed by atoms with van der Waals surface area (Å²) in [5, 5.41) is 23.6. The maximum atomic E-state index is 7.88. The molecule has 0 aromatic rings. The van der Waals surface area contributed by atoms with Crippen LogP contribution in [0.5, 0.6) is 0 Å². The smallest absolute Gasteiger partial charge is 0.0428 e. The topological polar surface area (TPSA) is 60.7 Å². The second kappa shape index (κ2) is 57.6. The SMILES string of the molecule is CCCO.CCCO.CCCO.[CH2-]CC.[Ti]. The predicted octanol–water partition coefficient (Wildman–Crippen LogP) is 2.39. The van der Waals surface area contributed by atoms with Crippen molar-refractivity contribution in [3.8, 4) is 0 Å². The quantitative estimate of drug-likeness (QED) is 0.545. The number of aliphatic hydroxyl groups excluding tert-OH is 3. The third-order valence-corrected chi connectivity index (χ3v) is 0.671. The summed E-state index contributed by atoms with van der Waals surface area (Å²) < 4.78 is 0. The molecule has 0 atom stereocenters. The third kappa shape index (κ3) is 209. The molecule has 0 radical (unpaired) electrons. The predicted molar refractivity (Wildman–Crippen MR) is 67.8 cm³/mol. The van der Waals surface area contributed by atoms with E-state index in [1.807, 2.05) is 27.7 Å². The fourth-order valence-corrected chi connectivity index (χ4v) is 0. The van der Waals surface area contributed by atoms with Gasteiger partial charge in [-0.05, 0) is 19.3 Å². The Morgan fingerprint density at radius 1 is 0.688 bits per heavy atom. The Hall–Kier alpha value is 0.594. The Labute approximate surface area is 117 Å². The molecule has 0 unspecified atom stereocenters. The van der Waals surface area contributed by atoms with Crippen LogP contribution in [0.4, 0.5) is 0 Å². The van der Waals surface area contributed by atoms with Crippen LogP contribution in [0.2, 0.25) is 0 Å². The van der Waals surface area contributed by atoms with E-state index in [2.05, 4.69) is 6.92 Å². The summed E-state index contributed by atoms with van der Waals surface area (Å²) in [7, 11) is 0. The van der Waals surface area contributed by atoms with Gasteiger partial charge in [-0.2, -0.15) is 6.42 Å². The van der Waals surface area contributed by atoms with Crippen molar-refractivity contribution in [3.05, 3.63) is 6.92 Å². The van der Waals surface area contributed by atoms with Crippen LogP contribution in [0.15, 0.2) is 0 Å². The monoisotopic (exact) mass is 271 g/mol. The number of rotatable bonds is 3. The maximum absolute atomic E-state index is 7.88. The van der Waals surface area contributed by atoms with Crippen molar-refractivity contribution in [1.82, 2.24) is 0 Å². The summed E-state index contributed by atoms with van der Waals surface area (Å²) in [6, 6.07) is 0. The Morgan fingerprint density at radius 3 is 0.750 bits per heavy atom. The summed E-state index contributed by atoms with van der Waals surface area (Å²) in [5.74, 6) is 0. The van der Waals surface area contributed by atoms with Crippen LogP contribution in [0.1, 0.15) is 53.4 Å². The molecule has 0 aliphatic heterocycles. The van der Waals surface area contributed by atoms with Crippen LogP contribution < -0.4 is 0 Å². The Morgan fingerprint density at radius 2 is 0.750 bits per heavy atom. The van der Waals surface area contributed by atoms with Gasteiger partial charge in [-0.1, -0.05) is 27.7 Å². The van der Waals surface area contributed by atoms with Crippen LogP contribution in [0.3, 0.4) is 0 Å². The summed E-state index contributed by atoms with van der Waals surface area (Å²) in [5.41, 5.74) is 0. The van der Waals surface area contributed by atoms with Crippen molar-refractivity contribution in [2.45, 2.75) is 53.4 Å². The molecule has 0 spiro atoms. The van der Waals surface area contributed by atoms with E-state index in [0.29, 0.717) is 19.8 Å². The first-order valence-electron chi connectivity index (χ1n) is 5.78. The molecule has 0 aromatic heterocycles. The molecule has 16 heavy (non-hydrogen) atoms. The van der Waals surface area contributed by atoms with Gasteiger partial charge >= 0.3 is 0 Å². The molecular weight excluding hydrogens is 240 g/mol. The van der Waals surface area contributed by atoms with Gasteiger partial charge in [-0.3, -0.25) is 0 Å². The molecule has 0 saturated carbocycles. The van der Waals surface area contributed by atoms with E-state index in [1.54, 1.807) is 0 Å². The van der Waals surface area contributed by atoms with Crippen molar-refractivity contribution in [2.24, 2.45) is 0 Å². The van der Waals surface area contributed by atoms with Crippen LogP contribution in [0.25, 0.3) is 0 Å². The average Bonchev–Trinajstić information content (AvgIpc) is 2.30. The summed E-state index contributed by atoms with van der Waals surface area (Å²) >= 11 is 0. The zero-order valence-electron chi connectivity index (χ0n) is 11.5. The normalized spacial score (nSPS) is 6.75. The minimum Gasteiger partial charge on any atom is -0.396 e. The van der Waals surface area contributed by atoms with Gasteiger partial charge in [-0.25, -0.2) is 0 Å². The first kappa shape index (κ1) is 30.0. The van der Waals surface area contributed by atoms with Crippen LogP contribution >= 0.6 is 0 Å². The Kier molecular flexibility index (Phi) is 108. The number of hydrogen-bond acceptors (Lipinski definition) is 3. The maximum Gasteiger partial charge on any atom is 0.0428 e. The van der Waals surface area contributed by atoms with E-state index in [9.17, 15) is 0 Å². The van der Waals surface area contributed by atoms with Gasteiger partial charge in [0.05, 0.1) is 0 Å². The second-order valence-corrected chi connectivity index (χ2v) is 2.67. The van der Waals surface area contributed by atoms with Gasteiger partial charge in [0.15, 0.2) is 0 Å². The molecular formula is C12H31O3Ti-. The molecule has 3 N–H and O–H groups in total. The summed E-state index contributed by atoms with van der Waals surface area (Å²) in [4.78, 5) is 0. The van der Waals surface area contributed by atoms with E-state index < -0.39 is 0 Å². The van der Waals surface area contributed by atoms with E-state index in [-0.39, 0.29) is 21.7 Å². The molecule has 0 aromatic carbocycles. The Balaban J connectivity index is -0.0000000331. The molecule has 0 amide bonds. The van der Waals surface area contributed by atoms with Gasteiger partial charge in [0, 0.05) is 41.5 Å². The van der Waals surface area contributed by atoms with Crippen molar-refractivity contribution >= 4 is 0 Å². The van der Waals surface area contributed by atoms with Crippen LogP contribution in [-0.4, -0.2) is 35.1 Å². The van der Waals surface area contributed by atoms with Crippen molar-refractivity contribution in [2.75, 3.05) is 19.8 Å². The van der Waals surface area contributed by atoms with Gasteiger partial charge in [0.1, 0.15) is 0 Å². The third-order valence-electron chi connectivity index (χ3n) is 0.671. The second-order valence-electron chi connectivity index (χ2n) is 2.67. The molecule has 0 aliphatic carbocycles. The number of aliphatic hydroxyl groups is 3. The largest absolute Gasteiger partial charge is 0.396 e. The van der Waals surface area contributed by atoms with Crippen molar-refractivity contribution < 1.29 is 37.0 Å². The molecule has 0 rings (SSSR count). The summed E-state index contributed by atoms with van der Waals surface area (Å²) in [6.45, 7) is 12.2. The van der Waals surface area contributed by atoms with E-state index in [0.717, 1.165) is 25.7 Å². The van der Waals surface area contributed by atoms with Gasteiger partial charge in [0.2, 0.25) is 0 Å². The van der Waals surface area contributed by atoms with Gasteiger partial charge in [0.25, 0.3) is 0 Å². The van der Waals surface area contributed by atoms with E-state index >= 15 is 0 Å². The summed E-state index contributed by atoms with van der Waals surface area (Å²) in [6.07, 6.45) is 3.62. The standard InChI is InChI=1S/3C3H8O.C3H7.Ti/c3*1-2-3-4;1-3-2;/h3*4H,2-3H2,1H3;1,3H2,2H3;/q;;;-1;. The van der Waals surface area contributed by atoms with Gasteiger partial charge in [-0.15, -0.1) is 0 Å². The fourth-order valence-electron chi connectivity index (χ4n) is 0. The minimum absolute atomic E-state index is 0. The Bertz CT molecular complexity index is 40.0. The molecule has 102 valence electrons. The zero-order chi connectivity index (χ0) is 12.9. The molecule has 3 nitrogen and oxygen atoms in total. The first-order valence-corrected chi connectivity index (χ1v) is 5.78. The van der Waals surface area contributed by atoms with Gasteiger partial charge < -0.3 is 22.2 Å². The minimum atomic E-state index is 0. The van der Waals surface area contributed by atoms with Crippen molar-refractivity contribution in [3.63, 3.8) is 0 Å². The van der Waals surface area contributed by atoms with Crippen LogP contribution in [0, 0.1) is 6.92 Å².